The molecule has 1 aromatic heterocycles. The number of nitrogens with zero attached hydrogens (tertiary/aromatic N) is 3. The molecule has 7 nitrogen and oxygen atoms in total. The van der Waals surface area contributed by atoms with E-state index in [9.17, 15) is 4.79 Å². The van der Waals surface area contributed by atoms with Gasteiger partial charge in [0.25, 0.3) is 5.91 Å². The van der Waals surface area contributed by atoms with Gasteiger partial charge in [0.05, 0.1) is 9.88 Å². The molecule has 0 saturated carbocycles. The molecule has 8 heteroatoms. The van der Waals surface area contributed by atoms with Gasteiger partial charge in [0.2, 0.25) is 0 Å². The van der Waals surface area contributed by atoms with Crippen molar-refractivity contribution in [3.8, 4) is 5.75 Å². The van der Waals surface area contributed by atoms with Crippen molar-refractivity contribution in [1.82, 2.24) is 15.2 Å². The summed E-state index contributed by atoms with van der Waals surface area (Å²) in [5, 5.41) is 4.10. The van der Waals surface area contributed by atoms with Crippen molar-refractivity contribution < 1.29 is 9.53 Å². The number of anilines is 1. The number of aryl methyl sites for hydroxylation is 1. The second-order valence-corrected chi connectivity index (χ2v) is 8.33. The Balaban J connectivity index is 1.69. The average molecular weight is 402 g/mol. The molecule has 1 aliphatic rings. The van der Waals surface area contributed by atoms with E-state index in [2.05, 4.69) is 27.2 Å². The molecule has 0 aliphatic carbocycles. The van der Waals surface area contributed by atoms with Crippen molar-refractivity contribution in [3.05, 3.63) is 39.8 Å². The Hall–Kier alpha value is -2.45. The first-order valence-electron chi connectivity index (χ1n) is 9.36. The van der Waals surface area contributed by atoms with Crippen LogP contribution in [0.1, 0.15) is 28.3 Å². The lowest BCUT2D eigenvalue weighted by molar-refractivity contribution is -0.115. The van der Waals surface area contributed by atoms with Crippen LogP contribution in [0.2, 0.25) is 0 Å². The van der Waals surface area contributed by atoms with Gasteiger partial charge in [-0.3, -0.25) is 9.79 Å². The van der Waals surface area contributed by atoms with Gasteiger partial charge in [-0.25, -0.2) is 4.98 Å². The van der Waals surface area contributed by atoms with E-state index in [0.717, 1.165) is 35.8 Å². The van der Waals surface area contributed by atoms with Gasteiger partial charge in [0.1, 0.15) is 18.1 Å². The maximum absolute atomic E-state index is 12.8. The zero-order chi connectivity index (χ0) is 20.1. The quantitative estimate of drug-likeness (QED) is 0.572. The molecule has 0 atom stereocenters. The SMILES string of the molecule is CN=C(C(=O)NC1CCN(C)CC1)c1cc(OCc2cnc(C)s2)ccc1N. The molecule has 1 saturated heterocycles. The minimum absolute atomic E-state index is 0.163. The van der Waals surface area contributed by atoms with Crippen LogP contribution in [0.3, 0.4) is 0 Å². The molecule has 2 aromatic rings. The number of hydrogen-bond donors (Lipinski definition) is 2. The number of piperidine rings is 1. The molecule has 150 valence electrons. The van der Waals surface area contributed by atoms with Crippen LogP contribution in [0.15, 0.2) is 29.4 Å². The third-order valence-electron chi connectivity index (χ3n) is 4.82. The Labute approximate surface area is 169 Å². The van der Waals surface area contributed by atoms with Crippen LogP contribution >= 0.6 is 11.3 Å². The van der Waals surface area contributed by atoms with Crippen molar-refractivity contribution in [1.29, 1.82) is 0 Å². The first kappa shape index (κ1) is 20.3. The van der Waals surface area contributed by atoms with Crippen molar-refractivity contribution in [2.45, 2.75) is 32.4 Å². The number of amides is 1. The van der Waals surface area contributed by atoms with Gasteiger partial charge in [0, 0.05) is 30.5 Å². The van der Waals surface area contributed by atoms with Gasteiger partial charge >= 0.3 is 0 Å². The number of hydrogen-bond acceptors (Lipinski definition) is 7. The summed E-state index contributed by atoms with van der Waals surface area (Å²) in [4.78, 5) is 24.6. The Kier molecular flexibility index (Phi) is 6.64. The fraction of sp³-hybridized carbons (Fsp3) is 0.450. The number of nitrogen functional groups attached to an aromatic ring is 1. The predicted octanol–water partition coefficient (Wildman–Crippen LogP) is 2.24. The Morgan fingerprint density at radius 2 is 2.18 bits per heavy atom. The van der Waals surface area contributed by atoms with E-state index in [1.165, 1.54) is 0 Å². The number of carbonyl (C=O) groups is 1. The first-order valence-corrected chi connectivity index (χ1v) is 10.2. The van der Waals surface area contributed by atoms with E-state index < -0.39 is 0 Å². The van der Waals surface area contributed by atoms with Crippen LogP contribution in [0, 0.1) is 6.92 Å². The third-order valence-corrected chi connectivity index (χ3v) is 5.71. The highest BCUT2D eigenvalue weighted by Gasteiger charge is 2.23. The van der Waals surface area contributed by atoms with Gasteiger partial charge in [-0.2, -0.15) is 0 Å². The number of nitrogens with one attached hydrogen (secondary N) is 1. The number of nitrogens with two attached hydrogens (primary N) is 1. The molecular weight excluding hydrogens is 374 g/mol. The second kappa shape index (κ2) is 9.16. The third kappa shape index (κ3) is 5.08. The molecule has 28 heavy (non-hydrogen) atoms. The molecule has 0 unspecified atom stereocenters. The lowest BCUT2D eigenvalue weighted by atomic mass is 10.0. The lowest BCUT2D eigenvalue weighted by Gasteiger charge is -2.29. The highest BCUT2D eigenvalue weighted by Crippen LogP contribution is 2.23. The Morgan fingerprint density at radius 3 is 2.82 bits per heavy atom. The normalized spacial score (nSPS) is 16.2. The Bertz CT molecular complexity index is 856. The fourth-order valence-electron chi connectivity index (χ4n) is 3.21. The molecule has 1 aliphatic heterocycles. The average Bonchev–Trinajstić information content (AvgIpc) is 3.10. The second-order valence-electron chi connectivity index (χ2n) is 7.01. The van der Waals surface area contributed by atoms with Crippen molar-refractivity contribution in [3.63, 3.8) is 0 Å². The summed E-state index contributed by atoms with van der Waals surface area (Å²) in [5.41, 5.74) is 7.55. The number of ether oxygens (including phenoxy) is 1. The molecule has 3 N–H and O–H groups in total. The molecule has 2 heterocycles. The van der Waals surface area contributed by atoms with Crippen LogP contribution in [-0.4, -0.2) is 54.7 Å². The van der Waals surface area contributed by atoms with Crippen LogP contribution in [0.25, 0.3) is 0 Å². The van der Waals surface area contributed by atoms with Crippen LogP contribution in [-0.2, 0) is 11.4 Å². The zero-order valence-corrected chi connectivity index (χ0v) is 17.4. The summed E-state index contributed by atoms with van der Waals surface area (Å²) in [6.45, 7) is 4.34. The Morgan fingerprint density at radius 1 is 1.43 bits per heavy atom. The monoisotopic (exact) mass is 401 g/mol. The molecule has 1 aromatic carbocycles. The van der Waals surface area contributed by atoms with E-state index in [-0.39, 0.29) is 11.9 Å². The highest BCUT2D eigenvalue weighted by atomic mass is 32.1. The molecule has 0 bridgehead atoms. The standard InChI is InChI=1S/C20H27N5O2S/c1-13-23-11-16(28-13)12-27-15-4-5-18(21)17(10-15)19(22-2)20(26)24-14-6-8-25(3)9-7-14/h4-5,10-11,14H,6-9,12,21H2,1-3H3,(H,24,26). The molecule has 1 fully saturated rings. The molecule has 1 amide bonds. The van der Waals surface area contributed by atoms with Gasteiger partial charge < -0.3 is 20.7 Å². The molecule has 0 radical (unpaired) electrons. The van der Waals surface area contributed by atoms with Gasteiger partial charge in [-0.05, 0) is 58.1 Å². The number of likely N-dealkylation sites (tertiary alicyclic amines) is 1. The summed E-state index contributed by atoms with van der Waals surface area (Å²) in [6, 6.07) is 5.49. The minimum Gasteiger partial charge on any atom is -0.488 e. The van der Waals surface area contributed by atoms with Crippen LogP contribution < -0.4 is 15.8 Å². The minimum atomic E-state index is -0.195. The molecule has 3 rings (SSSR count). The fourth-order valence-corrected chi connectivity index (χ4v) is 3.92. The summed E-state index contributed by atoms with van der Waals surface area (Å²) in [5.74, 6) is 0.447. The molecular formula is C20H27N5O2S. The number of rotatable bonds is 6. The maximum atomic E-state index is 12.8. The van der Waals surface area contributed by atoms with Gasteiger partial charge in [0.15, 0.2) is 0 Å². The number of benzene rings is 1. The van der Waals surface area contributed by atoms with Crippen molar-refractivity contribution in [2.75, 3.05) is 32.9 Å². The van der Waals surface area contributed by atoms with E-state index in [0.29, 0.717) is 29.3 Å². The smallest absolute Gasteiger partial charge is 0.270 e. The summed E-state index contributed by atoms with van der Waals surface area (Å²) in [6.07, 6.45) is 3.68. The molecule has 0 spiro atoms. The number of aliphatic imine (C=N–C) groups is 1. The van der Waals surface area contributed by atoms with E-state index in [1.54, 1.807) is 36.6 Å². The van der Waals surface area contributed by atoms with Crippen LogP contribution in [0.5, 0.6) is 5.75 Å². The van der Waals surface area contributed by atoms with Gasteiger partial charge in [-0.1, -0.05) is 0 Å². The topological polar surface area (TPSA) is 92.8 Å². The van der Waals surface area contributed by atoms with E-state index in [4.69, 9.17) is 10.5 Å². The van der Waals surface area contributed by atoms with Gasteiger partial charge in [-0.15, -0.1) is 11.3 Å². The summed E-state index contributed by atoms with van der Waals surface area (Å²) < 4.78 is 5.86. The summed E-state index contributed by atoms with van der Waals surface area (Å²) in [7, 11) is 3.70. The number of aromatic nitrogens is 1. The first-order chi connectivity index (χ1) is 13.5. The number of carbonyl (C=O) groups excluding carboxylic acids is 1. The highest BCUT2D eigenvalue weighted by molar-refractivity contribution is 7.11. The van der Waals surface area contributed by atoms with E-state index in [1.807, 2.05) is 13.1 Å². The van der Waals surface area contributed by atoms with Crippen LogP contribution in [0.4, 0.5) is 5.69 Å². The van der Waals surface area contributed by atoms with Crippen molar-refractivity contribution >= 4 is 28.6 Å². The van der Waals surface area contributed by atoms with Crippen molar-refractivity contribution in [2.24, 2.45) is 4.99 Å². The largest absolute Gasteiger partial charge is 0.488 e. The predicted molar refractivity (Wildman–Crippen MR) is 113 cm³/mol. The van der Waals surface area contributed by atoms with E-state index >= 15 is 0 Å². The number of thiazole rings is 1. The maximum Gasteiger partial charge on any atom is 0.270 e. The lowest BCUT2D eigenvalue weighted by Crippen LogP contribution is -2.45. The zero-order valence-electron chi connectivity index (χ0n) is 16.6. The summed E-state index contributed by atoms with van der Waals surface area (Å²) >= 11 is 1.60.